The number of nitrogens with zero attached hydrogens (tertiary/aromatic N) is 1. The van der Waals surface area contributed by atoms with Gasteiger partial charge in [0.2, 0.25) is 0 Å². The molecule has 0 aromatic carbocycles. The zero-order valence-corrected chi connectivity index (χ0v) is 9.32. The standard InChI is InChI=1S/C5H5BrClN3O2S/c6-4-1-3(2-9-5(4)7)13(11,12)10-8/h1-2,10H,8H2. The Kier molecular flexibility index (Phi) is 3.25. The van der Waals surface area contributed by atoms with Crippen molar-refractivity contribution in [3.63, 3.8) is 0 Å². The molecule has 8 heteroatoms. The van der Waals surface area contributed by atoms with E-state index in [1.165, 1.54) is 6.07 Å². The predicted molar refractivity (Wildman–Crippen MR) is 51.5 cm³/mol. The second-order valence-electron chi connectivity index (χ2n) is 2.06. The third-order valence-corrected chi connectivity index (χ3v) is 3.52. The van der Waals surface area contributed by atoms with Crippen molar-refractivity contribution in [3.8, 4) is 0 Å². The summed E-state index contributed by atoms with van der Waals surface area (Å²) in [5.74, 6) is 4.81. The van der Waals surface area contributed by atoms with Gasteiger partial charge in [0.25, 0.3) is 10.0 Å². The van der Waals surface area contributed by atoms with Crippen LogP contribution in [0.2, 0.25) is 5.15 Å². The molecule has 0 radical (unpaired) electrons. The molecule has 0 aliphatic heterocycles. The molecule has 0 atom stereocenters. The Morgan fingerprint density at radius 3 is 2.69 bits per heavy atom. The molecule has 1 aromatic heterocycles. The number of hydrogen-bond donors (Lipinski definition) is 2. The molecule has 0 fully saturated rings. The topological polar surface area (TPSA) is 85.1 Å². The van der Waals surface area contributed by atoms with Crippen molar-refractivity contribution in [2.75, 3.05) is 0 Å². The second-order valence-corrected chi connectivity index (χ2v) is 4.99. The SMILES string of the molecule is NNS(=O)(=O)c1cnc(Cl)c(Br)c1. The van der Waals surface area contributed by atoms with Crippen LogP contribution in [0.25, 0.3) is 0 Å². The third kappa shape index (κ3) is 2.38. The number of aromatic nitrogens is 1. The van der Waals surface area contributed by atoms with Gasteiger partial charge in [0.15, 0.2) is 0 Å². The smallest absolute Gasteiger partial charge is 0.254 e. The molecule has 3 N–H and O–H groups in total. The van der Waals surface area contributed by atoms with Gasteiger partial charge >= 0.3 is 0 Å². The van der Waals surface area contributed by atoms with E-state index in [1.54, 1.807) is 4.83 Å². The van der Waals surface area contributed by atoms with Crippen LogP contribution in [-0.2, 0) is 10.0 Å². The number of halogens is 2. The largest absolute Gasteiger partial charge is 0.257 e. The van der Waals surface area contributed by atoms with E-state index in [0.29, 0.717) is 4.47 Å². The van der Waals surface area contributed by atoms with E-state index >= 15 is 0 Å². The normalized spacial score (nSPS) is 11.6. The highest BCUT2D eigenvalue weighted by molar-refractivity contribution is 9.10. The van der Waals surface area contributed by atoms with Gasteiger partial charge in [-0.2, -0.15) is 0 Å². The Hall–Kier alpha value is -0.210. The van der Waals surface area contributed by atoms with E-state index in [2.05, 4.69) is 20.9 Å². The highest BCUT2D eigenvalue weighted by Gasteiger charge is 2.13. The maximum Gasteiger partial charge on any atom is 0.254 e. The third-order valence-electron chi connectivity index (χ3n) is 1.24. The highest BCUT2D eigenvalue weighted by Crippen LogP contribution is 2.22. The lowest BCUT2D eigenvalue weighted by Crippen LogP contribution is -2.30. The molecule has 1 rings (SSSR count). The molecule has 0 spiro atoms. The number of pyridine rings is 1. The summed E-state index contributed by atoms with van der Waals surface area (Å²) in [5, 5.41) is 0.191. The molecule has 5 nitrogen and oxygen atoms in total. The zero-order valence-electron chi connectivity index (χ0n) is 6.16. The fourth-order valence-electron chi connectivity index (χ4n) is 0.619. The zero-order chi connectivity index (χ0) is 10.1. The molecule has 72 valence electrons. The summed E-state index contributed by atoms with van der Waals surface area (Å²) in [6.45, 7) is 0. The summed E-state index contributed by atoms with van der Waals surface area (Å²) in [5.41, 5.74) is 0. The van der Waals surface area contributed by atoms with Gasteiger partial charge in [-0.1, -0.05) is 11.6 Å². The van der Waals surface area contributed by atoms with Crippen molar-refractivity contribution in [1.29, 1.82) is 0 Å². The van der Waals surface area contributed by atoms with Gasteiger partial charge in [0.05, 0.1) is 4.47 Å². The van der Waals surface area contributed by atoms with Crippen LogP contribution in [0.4, 0.5) is 0 Å². The maximum absolute atomic E-state index is 11.1. The number of nitrogens with two attached hydrogens (primary N) is 1. The van der Waals surface area contributed by atoms with Crippen molar-refractivity contribution in [1.82, 2.24) is 9.82 Å². The first-order chi connectivity index (χ1) is 5.97. The van der Waals surface area contributed by atoms with Crippen molar-refractivity contribution < 1.29 is 8.42 Å². The van der Waals surface area contributed by atoms with E-state index in [1.807, 2.05) is 0 Å². The minimum atomic E-state index is -3.66. The molecule has 0 bridgehead atoms. The van der Waals surface area contributed by atoms with Gasteiger partial charge in [-0.25, -0.2) is 13.4 Å². The minimum absolute atomic E-state index is 0.0497. The van der Waals surface area contributed by atoms with Crippen LogP contribution < -0.4 is 10.7 Å². The van der Waals surface area contributed by atoms with E-state index in [4.69, 9.17) is 17.4 Å². The van der Waals surface area contributed by atoms with Crippen LogP contribution in [0.15, 0.2) is 21.6 Å². The summed E-state index contributed by atoms with van der Waals surface area (Å²) in [6, 6.07) is 1.31. The van der Waals surface area contributed by atoms with Crippen LogP contribution in [-0.4, -0.2) is 13.4 Å². The molecule has 1 aromatic rings. The van der Waals surface area contributed by atoms with Crippen LogP contribution in [0.3, 0.4) is 0 Å². The lowest BCUT2D eigenvalue weighted by molar-refractivity contribution is 0.583. The number of sulfonamides is 1. The summed E-state index contributed by atoms with van der Waals surface area (Å²) in [7, 11) is -3.66. The number of rotatable bonds is 2. The summed E-state index contributed by atoms with van der Waals surface area (Å²) < 4.78 is 22.6. The molecule has 0 unspecified atom stereocenters. The van der Waals surface area contributed by atoms with Gasteiger partial charge in [-0.15, -0.1) is 4.83 Å². The quantitative estimate of drug-likeness (QED) is 0.475. The van der Waals surface area contributed by atoms with Crippen LogP contribution in [0.1, 0.15) is 0 Å². The number of hydrazine groups is 1. The molecule has 0 amide bonds. The second kappa shape index (κ2) is 3.89. The average Bonchev–Trinajstić information content (AvgIpc) is 2.09. The van der Waals surface area contributed by atoms with E-state index < -0.39 is 10.0 Å². The Labute approximate surface area is 88.4 Å². The summed E-state index contributed by atoms with van der Waals surface area (Å²) in [4.78, 5) is 5.26. The lowest BCUT2D eigenvalue weighted by atomic mass is 10.5. The van der Waals surface area contributed by atoms with Crippen LogP contribution in [0, 0.1) is 0 Å². The van der Waals surface area contributed by atoms with Gasteiger partial charge in [-0.05, 0) is 22.0 Å². The Morgan fingerprint density at radius 1 is 1.62 bits per heavy atom. The number of nitrogens with one attached hydrogen (secondary N) is 1. The van der Waals surface area contributed by atoms with E-state index in [9.17, 15) is 8.42 Å². The Morgan fingerprint density at radius 2 is 2.23 bits per heavy atom. The fraction of sp³-hybridized carbons (Fsp3) is 0. The molecule has 0 saturated carbocycles. The van der Waals surface area contributed by atoms with Crippen LogP contribution in [0.5, 0.6) is 0 Å². The number of hydrogen-bond acceptors (Lipinski definition) is 4. The highest BCUT2D eigenvalue weighted by atomic mass is 79.9. The summed E-state index contributed by atoms with van der Waals surface area (Å²) in [6.07, 6.45) is 1.11. The van der Waals surface area contributed by atoms with Crippen molar-refractivity contribution >= 4 is 37.6 Å². The first-order valence-corrected chi connectivity index (χ1v) is 5.66. The van der Waals surface area contributed by atoms with Gasteiger partial charge in [0, 0.05) is 6.20 Å². The van der Waals surface area contributed by atoms with E-state index in [-0.39, 0.29) is 10.0 Å². The first kappa shape index (κ1) is 10.9. The van der Waals surface area contributed by atoms with Crippen molar-refractivity contribution in [2.45, 2.75) is 4.90 Å². The average molecular weight is 287 g/mol. The molecule has 0 aliphatic carbocycles. The minimum Gasteiger partial charge on any atom is -0.257 e. The van der Waals surface area contributed by atoms with Crippen molar-refractivity contribution in [2.24, 2.45) is 5.84 Å². The van der Waals surface area contributed by atoms with E-state index in [0.717, 1.165) is 6.20 Å². The van der Waals surface area contributed by atoms with Crippen LogP contribution >= 0.6 is 27.5 Å². The van der Waals surface area contributed by atoms with Gasteiger partial charge < -0.3 is 0 Å². The monoisotopic (exact) mass is 285 g/mol. The predicted octanol–water partition coefficient (Wildman–Crippen LogP) is 0.650. The first-order valence-electron chi connectivity index (χ1n) is 3.01. The van der Waals surface area contributed by atoms with Crippen molar-refractivity contribution in [3.05, 3.63) is 21.9 Å². The van der Waals surface area contributed by atoms with Gasteiger partial charge in [0.1, 0.15) is 10.0 Å². The Bertz CT molecular complexity index is 422. The Balaban J connectivity index is 3.27. The maximum atomic E-state index is 11.1. The molecule has 0 aliphatic rings. The fourth-order valence-corrected chi connectivity index (χ4v) is 1.82. The molecule has 0 saturated heterocycles. The summed E-state index contributed by atoms with van der Waals surface area (Å²) >= 11 is 8.61. The lowest BCUT2D eigenvalue weighted by Gasteiger charge is -2.02. The molecular weight excluding hydrogens is 281 g/mol. The molecule has 13 heavy (non-hydrogen) atoms. The van der Waals surface area contributed by atoms with Gasteiger partial charge in [-0.3, -0.25) is 5.84 Å². The molecule has 1 heterocycles. The molecular formula is C5H5BrClN3O2S.